The molecule has 1 heterocycles. The van der Waals surface area contributed by atoms with E-state index in [4.69, 9.17) is 5.73 Å². The largest absolute Gasteiger partial charge is 0.398 e. The fourth-order valence-electron chi connectivity index (χ4n) is 1.86. The highest BCUT2D eigenvalue weighted by Gasteiger charge is 2.27. The highest BCUT2D eigenvalue weighted by Crippen LogP contribution is 2.25. The highest BCUT2D eigenvalue weighted by atomic mass is 32.2. The quantitative estimate of drug-likeness (QED) is 0.658. The van der Waals surface area contributed by atoms with E-state index in [9.17, 15) is 12.8 Å². The molecule has 0 aromatic heterocycles. The first kappa shape index (κ1) is 13.0. The first-order valence-corrected chi connectivity index (χ1v) is 7.06. The molecule has 1 aliphatic heterocycles. The number of nitrogens with zero attached hydrogens (tertiary/aromatic N) is 1. The molecule has 0 saturated heterocycles. The van der Waals surface area contributed by atoms with Crippen LogP contribution in [-0.4, -0.2) is 25.8 Å². The average molecular weight is 270 g/mol. The summed E-state index contributed by atoms with van der Waals surface area (Å²) >= 11 is 0. The Labute approximate surface area is 106 Å². The van der Waals surface area contributed by atoms with Gasteiger partial charge in [0.1, 0.15) is 10.7 Å². The second-order valence-corrected chi connectivity index (χ2v) is 6.25. The summed E-state index contributed by atoms with van der Waals surface area (Å²) in [5.74, 6) is -0.541. The van der Waals surface area contributed by atoms with Gasteiger partial charge >= 0.3 is 0 Å². The monoisotopic (exact) mass is 270 g/mol. The van der Waals surface area contributed by atoms with E-state index in [1.54, 1.807) is 0 Å². The molecule has 2 rings (SSSR count). The van der Waals surface area contributed by atoms with Crippen molar-refractivity contribution in [2.24, 2.45) is 0 Å². The lowest BCUT2D eigenvalue weighted by Crippen LogP contribution is -2.35. The molecule has 98 valence electrons. The molecule has 2 N–H and O–H groups in total. The Kier molecular flexibility index (Phi) is 3.41. The highest BCUT2D eigenvalue weighted by molar-refractivity contribution is 7.89. The van der Waals surface area contributed by atoms with Crippen LogP contribution in [0.15, 0.2) is 34.7 Å². The van der Waals surface area contributed by atoms with Crippen LogP contribution in [0, 0.1) is 5.82 Å². The fourth-order valence-corrected chi connectivity index (χ4v) is 3.34. The molecule has 0 atom stereocenters. The predicted octanol–water partition coefficient (Wildman–Crippen LogP) is 1.75. The summed E-state index contributed by atoms with van der Waals surface area (Å²) in [6.07, 6.45) is 2.58. The number of halogens is 1. The molecular formula is C12H15FN2O2S. The molecule has 0 aliphatic carbocycles. The van der Waals surface area contributed by atoms with E-state index >= 15 is 0 Å². The maximum Gasteiger partial charge on any atom is 0.245 e. The van der Waals surface area contributed by atoms with E-state index in [2.05, 4.69) is 0 Å². The summed E-state index contributed by atoms with van der Waals surface area (Å²) in [4.78, 5) is -0.0307. The lowest BCUT2D eigenvalue weighted by atomic mass is 10.1. The molecule has 0 bridgehead atoms. The van der Waals surface area contributed by atoms with Crippen LogP contribution >= 0.6 is 0 Å². The third-order valence-corrected chi connectivity index (χ3v) is 4.93. The Morgan fingerprint density at radius 3 is 2.67 bits per heavy atom. The molecule has 1 aromatic rings. The number of benzene rings is 1. The zero-order chi connectivity index (χ0) is 13.3. The van der Waals surface area contributed by atoms with Crippen molar-refractivity contribution in [3.8, 4) is 0 Å². The SMILES string of the molecule is CC1=CCN(S(=O)(=O)c2ccc(F)cc2N)CC1. The maximum atomic E-state index is 12.9. The van der Waals surface area contributed by atoms with Crippen LogP contribution in [0.25, 0.3) is 0 Å². The van der Waals surface area contributed by atoms with Crippen molar-refractivity contribution >= 4 is 15.7 Å². The summed E-state index contributed by atoms with van der Waals surface area (Å²) < 4.78 is 38.9. The summed E-state index contributed by atoms with van der Waals surface area (Å²) in [5, 5.41) is 0. The zero-order valence-electron chi connectivity index (χ0n) is 10.1. The van der Waals surface area contributed by atoms with Crippen molar-refractivity contribution in [1.82, 2.24) is 4.31 Å². The molecular weight excluding hydrogens is 255 g/mol. The van der Waals surface area contributed by atoms with Crippen molar-refractivity contribution in [1.29, 1.82) is 0 Å². The van der Waals surface area contributed by atoms with Crippen LogP contribution in [0.5, 0.6) is 0 Å². The van der Waals surface area contributed by atoms with Crippen LogP contribution in [-0.2, 0) is 10.0 Å². The summed E-state index contributed by atoms with van der Waals surface area (Å²) in [6, 6.07) is 3.34. The second kappa shape index (κ2) is 4.70. The average Bonchev–Trinajstić information content (AvgIpc) is 2.29. The number of hydrogen-bond donors (Lipinski definition) is 1. The van der Waals surface area contributed by atoms with Crippen LogP contribution < -0.4 is 5.73 Å². The van der Waals surface area contributed by atoms with Crippen molar-refractivity contribution in [2.45, 2.75) is 18.2 Å². The standard InChI is InChI=1S/C12H15FN2O2S/c1-9-4-6-15(7-5-9)18(16,17)12-3-2-10(13)8-11(12)14/h2-4,8H,5-7,14H2,1H3. The lowest BCUT2D eigenvalue weighted by molar-refractivity contribution is 0.431. The number of nitrogen functional groups attached to an aromatic ring is 1. The Hall–Kier alpha value is -1.40. The van der Waals surface area contributed by atoms with E-state index in [0.29, 0.717) is 19.5 Å². The van der Waals surface area contributed by atoms with Gasteiger partial charge in [-0.05, 0) is 31.5 Å². The minimum Gasteiger partial charge on any atom is -0.398 e. The third-order valence-electron chi connectivity index (χ3n) is 2.99. The number of rotatable bonds is 2. The smallest absolute Gasteiger partial charge is 0.245 e. The number of anilines is 1. The van der Waals surface area contributed by atoms with E-state index in [1.807, 2.05) is 13.0 Å². The Morgan fingerprint density at radius 1 is 1.39 bits per heavy atom. The van der Waals surface area contributed by atoms with Crippen molar-refractivity contribution in [2.75, 3.05) is 18.8 Å². The Bertz CT molecular complexity index is 596. The molecule has 18 heavy (non-hydrogen) atoms. The number of hydrogen-bond acceptors (Lipinski definition) is 3. The molecule has 0 spiro atoms. The Balaban J connectivity index is 2.37. The normalized spacial score (nSPS) is 17.6. The summed E-state index contributed by atoms with van der Waals surface area (Å²) in [5.41, 5.74) is 6.70. The van der Waals surface area contributed by atoms with Gasteiger partial charge in [-0.3, -0.25) is 0 Å². The van der Waals surface area contributed by atoms with Crippen LogP contribution in [0.4, 0.5) is 10.1 Å². The Morgan fingerprint density at radius 2 is 2.11 bits per heavy atom. The van der Waals surface area contributed by atoms with Gasteiger partial charge in [-0.25, -0.2) is 12.8 Å². The molecule has 0 radical (unpaired) electrons. The van der Waals surface area contributed by atoms with E-state index in [1.165, 1.54) is 15.9 Å². The van der Waals surface area contributed by atoms with E-state index in [-0.39, 0.29) is 10.6 Å². The van der Waals surface area contributed by atoms with Gasteiger partial charge in [0.25, 0.3) is 0 Å². The molecule has 1 aliphatic rings. The summed E-state index contributed by atoms with van der Waals surface area (Å²) in [6.45, 7) is 2.74. The minimum absolute atomic E-state index is 0.0307. The third kappa shape index (κ3) is 2.39. The zero-order valence-corrected chi connectivity index (χ0v) is 10.9. The molecule has 4 nitrogen and oxygen atoms in total. The van der Waals surface area contributed by atoms with Crippen LogP contribution in [0.2, 0.25) is 0 Å². The van der Waals surface area contributed by atoms with Gasteiger partial charge in [-0.15, -0.1) is 0 Å². The van der Waals surface area contributed by atoms with Gasteiger partial charge in [0.2, 0.25) is 10.0 Å². The molecule has 0 fully saturated rings. The van der Waals surface area contributed by atoms with Crippen molar-refractivity contribution < 1.29 is 12.8 Å². The van der Waals surface area contributed by atoms with Crippen LogP contribution in [0.3, 0.4) is 0 Å². The van der Waals surface area contributed by atoms with Crippen molar-refractivity contribution in [3.63, 3.8) is 0 Å². The first-order chi connectivity index (χ1) is 8.41. The van der Waals surface area contributed by atoms with E-state index < -0.39 is 15.8 Å². The van der Waals surface area contributed by atoms with Gasteiger partial charge in [-0.2, -0.15) is 4.31 Å². The van der Waals surface area contributed by atoms with Gasteiger partial charge in [0.15, 0.2) is 0 Å². The maximum absolute atomic E-state index is 12.9. The molecule has 0 amide bonds. The first-order valence-electron chi connectivity index (χ1n) is 5.62. The van der Waals surface area contributed by atoms with E-state index in [0.717, 1.165) is 12.1 Å². The molecule has 0 saturated carbocycles. The summed E-state index contributed by atoms with van der Waals surface area (Å²) in [7, 11) is -3.64. The van der Waals surface area contributed by atoms with Gasteiger partial charge in [-0.1, -0.05) is 11.6 Å². The van der Waals surface area contributed by atoms with Gasteiger partial charge in [0.05, 0.1) is 5.69 Å². The number of sulfonamides is 1. The minimum atomic E-state index is -3.64. The topological polar surface area (TPSA) is 63.4 Å². The molecule has 6 heteroatoms. The molecule has 1 aromatic carbocycles. The lowest BCUT2D eigenvalue weighted by Gasteiger charge is -2.25. The van der Waals surface area contributed by atoms with Gasteiger partial charge in [0, 0.05) is 13.1 Å². The van der Waals surface area contributed by atoms with Gasteiger partial charge < -0.3 is 5.73 Å². The van der Waals surface area contributed by atoms with Crippen LogP contribution in [0.1, 0.15) is 13.3 Å². The number of nitrogens with two attached hydrogens (primary N) is 1. The van der Waals surface area contributed by atoms with Crippen molar-refractivity contribution in [3.05, 3.63) is 35.7 Å². The predicted molar refractivity (Wildman–Crippen MR) is 67.9 cm³/mol. The fraction of sp³-hybridized carbons (Fsp3) is 0.333. The second-order valence-electron chi connectivity index (χ2n) is 4.35. The molecule has 0 unspecified atom stereocenters.